The van der Waals surface area contributed by atoms with Crippen molar-refractivity contribution >= 4 is 45.2 Å². The second-order valence-corrected chi connectivity index (χ2v) is 5.98. The fourth-order valence-electron chi connectivity index (χ4n) is 2.12. The molecule has 2 rings (SSSR count). The number of likely N-dealkylation sites (N-methyl/N-ethyl adjacent to an activating group) is 2. The first kappa shape index (κ1) is 17.3. The molecule has 1 aliphatic rings. The van der Waals surface area contributed by atoms with Crippen molar-refractivity contribution in [1.29, 1.82) is 0 Å². The Hall–Kier alpha value is -2.04. The number of methoxy groups -OCH3 is 1. The summed E-state index contributed by atoms with van der Waals surface area (Å²) in [7, 11) is 4.94. The minimum Gasteiger partial charge on any atom is -0.493 e. The van der Waals surface area contributed by atoms with E-state index in [2.05, 4.69) is 21.9 Å². The summed E-state index contributed by atoms with van der Waals surface area (Å²) in [5, 5.41) is 0.459. The van der Waals surface area contributed by atoms with Crippen molar-refractivity contribution in [2.24, 2.45) is 0 Å². The number of rotatable bonds is 4. The highest BCUT2D eigenvalue weighted by Gasteiger charge is 2.32. The van der Waals surface area contributed by atoms with Crippen LogP contribution in [-0.2, 0) is 4.79 Å². The minimum atomic E-state index is -0.153. The van der Waals surface area contributed by atoms with Gasteiger partial charge < -0.3 is 14.4 Å². The molecule has 0 saturated carbocycles. The van der Waals surface area contributed by atoms with Crippen molar-refractivity contribution in [3.63, 3.8) is 0 Å². The van der Waals surface area contributed by atoms with Crippen LogP contribution in [0, 0.1) is 12.3 Å². The molecule has 1 aliphatic heterocycles. The van der Waals surface area contributed by atoms with Crippen LogP contribution >= 0.6 is 28.1 Å². The number of thiocarbonyl (C=S) groups is 1. The fourth-order valence-corrected chi connectivity index (χ4v) is 2.88. The Kier molecular flexibility index (Phi) is 5.29. The fraction of sp³-hybridized carbons (Fsp3) is 0.250. The summed E-state index contributed by atoms with van der Waals surface area (Å²) in [6.45, 7) is 0.135. The number of ether oxygens (including phenoxy) is 2. The van der Waals surface area contributed by atoms with E-state index in [0.717, 1.165) is 5.56 Å². The molecule has 1 fully saturated rings. The lowest BCUT2D eigenvalue weighted by Gasteiger charge is -2.13. The number of terminal acetylenes is 1. The summed E-state index contributed by atoms with van der Waals surface area (Å²) in [6.07, 6.45) is 6.96. The van der Waals surface area contributed by atoms with Gasteiger partial charge in [0.1, 0.15) is 12.3 Å². The lowest BCUT2D eigenvalue weighted by Crippen LogP contribution is -2.26. The van der Waals surface area contributed by atoms with Crippen LogP contribution in [0.4, 0.5) is 0 Å². The molecule has 0 spiro atoms. The maximum atomic E-state index is 12.2. The average molecular weight is 395 g/mol. The smallest absolute Gasteiger partial charge is 0.276 e. The van der Waals surface area contributed by atoms with Gasteiger partial charge in [0.2, 0.25) is 0 Å². The average Bonchev–Trinajstić information content (AvgIpc) is 2.71. The van der Waals surface area contributed by atoms with Gasteiger partial charge in [0.25, 0.3) is 5.91 Å². The molecule has 1 saturated heterocycles. The van der Waals surface area contributed by atoms with Crippen LogP contribution in [0.5, 0.6) is 11.5 Å². The molecule has 0 unspecified atom stereocenters. The Balaban J connectivity index is 2.44. The summed E-state index contributed by atoms with van der Waals surface area (Å²) >= 11 is 8.63. The Labute approximate surface area is 149 Å². The molecule has 0 aliphatic carbocycles. The van der Waals surface area contributed by atoms with Gasteiger partial charge in [-0.3, -0.25) is 9.69 Å². The summed E-state index contributed by atoms with van der Waals surface area (Å²) in [5.74, 6) is 3.29. The van der Waals surface area contributed by atoms with E-state index < -0.39 is 0 Å². The van der Waals surface area contributed by atoms with Crippen molar-refractivity contribution in [3.8, 4) is 23.8 Å². The number of carbonyl (C=O) groups excluding carboxylic acids is 1. The first-order valence-corrected chi connectivity index (χ1v) is 7.82. The third-order valence-electron chi connectivity index (χ3n) is 3.31. The quantitative estimate of drug-likeness (QED) is 0.445. The predicted molar refractivity (Wildman–Crippen MR) is 96.1 cm³/mol. The number of hydrogen-bond acceptors (Lipinski definition) is 4. The summed E-state index contributed by atoms with van der Waals surface area (Å²) in [6, 6.07) is 3.59. The standard InChI is InChI=1S/C16H15BrN2O3S/c1-5-6-22-14-11(17)7-10(9-13(14)21-4)8-12-15(20)19(3)16(23)18(12)2/h1,7-9H,6H2,2-4H3/b12-8+. The lowest BCUT2D eigenvalue weighted by molar-refractivity contribution is -0.121. The third-order valence-corrected chi connectivity index (χ3v) is 4.45. The largest absolute Gasteiger partial charge is 0.493 e. The Morgan fingerprint density at radius 3 is 2.61 bits per heavy atom. The summed E-state index contributed by atoms with van der Waals surface area (Å²) < 4.78 is 11.5. The molecule has 1 heterocycles. The highest BCUT2D eigenvalue weighted by Crippen LogP contribution is 2.37. The zero-order chi connectivity index (χ0) is 17.1. The molecule has 1 aromatic rings. The van der Waals surface area contributed by atoms with Gasteiger partial charge in [0.15, 0.2) is 16.6 Å². The SMILES string of the molecule is C#CCOc1c(Br)cc(/C=C2\C(=O)N(C)C(=S)N2C)cc1OC. The normalized spacial score (nSPS) is 16.0. The van der Waals surface area contributed by atoms with Gasteiger partial charge in [0, 0.05) is 14.1 Å². The van der Waals surface area contributed by atoms with Crippen molar-refractivity contribution in [2.75, 3.05) is 27.8 Å². The van der Waals surface area contributed by atoms with Crippen LogP contribution in [0.25, 0.3) is 6.08 Å². The van der Waals surface area contributed by atoms with Gasteiger partial charge in [-0.25, -0.2) is 0 Å². The lowest BCUT2D eigenvalue weighted by atomic mass is 10.1. The molecule has 0 radical (unpaired) electrons. The van der Waals surface area contributed by atoms with Crippen LogP contribution in [0.15, 0.2) is 22.3 Å². The van der Waals surface area contributed by atoms with Crippen LogP contribution < -0.4 is 9.47 Å². The first-order chi connectivity index (χ1) is 10.9. The first-order valence-electron chi connectivity index (χ1n) is 6.62. The van der Waals surface area contributed by atoms with Crippen LogP contribution in [0.3, 0.4) is 0 Å². The van der Waals surface area contributed by atoms with Gasteiger partial charge in [-0.1, -0.05) is 5.92 Å². The summed E-state index contributed by atoms with van der Waals surface area (Å²) in [5.41, 5.74) is 1.26. The maximum Gasteiger partial charge on any atom is 0.276 e. The highest BCUT2D eigenvalue weighted by molar-refractivity contribution is 9.10. The molecule has 1 amide bonds. The molecule has 7 heteroatoms. The van der Waals surface area contributed by atoms with Crippen molar-refractivity contribution in [2.45, 2.75) is 0 Å². The predicted octanol–water partition coefficient (Wildman–Crippen LogP) is 2.50. The molecular formula is C16H15BrN2O3S. The number of nitrogens with zero attached hydrogens (tertiary/aromatic N) is 2. The molecule has 23 heavy (non-hydrogen) atoms. The minimum absolute atomic E-state index is 0.135. The molecule has 1 aromatic carbocycles. The van der Waals surface area contributed by atoms with E-state index in [1.54, 1.807) is 31.1 Å². The van der Waals surface area contributed by atoms with Crippen molar-refractivity contribution < 1.29 is 14.3 Å². The molecule has 0 N–H and O–H groups in total. The van der Waals surface area contributed by atoms with Crippen LogP contribution in [-0.4, -0.2) is 48.6 Å². The van der Waals surface area contributed by atoms with Gasteiger partial charge in [0.05, 0.1) is 11.6 Å². The van der Waals surface area contributed by atoms with Crippen LogP contribution in [0.2, 0.25) is 0 Å². The molecule has 5 nitrogen and oxygen atoms in total. The van der Waals surface area contributed by atoms with E-state index in [0.29, 0.717) is 26.8 Å². The maximum absolute atomic E-state index is 12.2. The number of amides is 1. The van der Waals surface area contributed by atoms with E-state index in [-0.39, 0.29) is 12.5 Å². The van der Waals surface area contributed by atoms with Gasteiger partial charge in [-0.2, -0.15) is 0 Å². The second-order valence-electron chi connectivity index (χ2n) is 4.76. The number of carbonyl (C=O) groups is 1. The topological polar surface area (TPSA) is 42.0 Å². The zero-order valence-corrected chi connectivity index (χ0v) is 15.3. The van der Waals surface area contributed by atoms with E-state index in [1.165, 1.54) is 12.0 Å². The van der Waals surface area contributed by atoms with Gasteiger partial charge >= 0.3 is 0 Å². The summed E-state index contributed by atoms with van der Waals surface area (Å²) in [4.78, 5) is 15.3. The Morgan fingerprint density at radius 2 is 2.09 bits per heavy atom. The van der Waals surface area contributed by atoms with Crippen molar-refractivity contribution in [3.05, 3.63) is 27.9 Å². The number of halogens is 1. The van der Waals surface area contributed by atoms with E-state index in [1.807, 2.05) is 6.07 Å². The monoisotopic (exact) mass is 394 g/mol. The molecule has 120 valence electrons. The number of benzene rings is 1. The molecule has 0 bridgehead atoms. The van der Waals surface area contributed by atoms with Gasteiger partial charge in [-0.15, -0.1) is 6.42 Å². The third kappa shape index (κ3) is 3.33. The highest BCUT2D eigenvalue weighted by atomic mass is 79.9. The molecule has 0 atom stereocenters. The molecular weight excluding hydrogens is 380 g/mol. The van der Waals surface area contributed by atoms with Crippen molar-refractivity contribution in [1.82, 2.24) is 9.80 Å². The number of hydrogen-bond donors (Lipinski definition) is 0. The van der Waals surface area contributed by atoms with Crippen LogP contribution in [0.1, 0.15) is 5.56 Å². The zero-order valence-electron chi connectivity index (χ0n) is 12.9. The van der Waals surface area contributed by atoms with Gasteiger partial charge in [-0.05, 0) is 51.9 Å². The van der Waals surface area contributed by atoms with E-state index >= 15 is 0 Å². The van der Waals surface area contributed by atoms with E-state index in [9.17, 15) is 4.79 Å². The Bertz CT molecular complexity index is 740. The Morgan fingerprint density at radius 1 is 1.39 bits per heavy atom. The van der Waals surface area contributed by atoms with E-state index in [4.69, 9.17) is 28.1 Å². The molecule has 0 aromatic heterocycles. The second kappa shape index (κ2) is 7.02.